The highest BCUT2D eigenvalue weighted by Gasteiger charge is 2.57. The average Bonchev–Trinajstić information content (AvgIpc) is 2.97. The molecule has 0 N–H and O–H groups in total. The van der Waals surface area contributed by atoms with Crippen LogP contribution >= 0.6 is 11.3 Å². The van der Waals surface area contributed by atoms with Gasteiger partial charge in [0.25, 0.3) is 0 Å². The zero-order valence-electron chi connectivity index (χ0n) is 14.6. The second-order valence-corrected chi connectivity index (χ2v) is 8.33. The third-order valence-electron chi connectivity index (χ3n) is 6.03. The Labute approximate surface area is 148 Å². The van der Waals surface area contributed by atoms with Gasteiger partial charge in [0.1, 0.15) is 11.1 Å². The van der Waals surface area contributed by atoms with Crippen molar-refractivity contribution < 1.29 is 9.53 Å². The van der Waals surface area contributed by atoms with Crippen LogP contribution in [0.2, 0.25) is 0 Å². The molecule has 132 valence electrons. The summed E-state index contributed by atoms with van der Waals surface area (Å²) in [6.07, 6.45) is 3.97. The van der Waals surface area contributed by atoms with Gasteiger partial charge in [-0.2, -0.15) is 0 Å². The summed E-state index contributed by atoms with van der Waals surface area (Å²) in [6, 6.07) is 0. The Morgan fingerprint density at radius 2 is 2.04 bits per heavy atom. The number of nitrogens with zero attached hydrogens (tertiary/aromatic N) is 3. The molecule has 0 aromatic carbocycles. The molecule has 1 amide bonds. The number of thiazole rings is 1. The number of carbonyl (C=O) groups is 1. The third-order valence-corrected chi connectivity index (χ3v) is 7.09. The van der Waals surface area contributed by atoms with Crippen LogP contribution in [0.25, 0.3) is 0 Å². The van der Waals surface area contributed by atoms with Gasteiger partial charge in [-0.1, -0.05) is 6.42 Å². The number of amides is 1. The molecule has 1 aliphatic heterocycles. The summed E-state index contributed by atoms with van der Waals surface area (Å²) in [7, 11) is 1.72. The Morgan fingerprint density at radius 1 is 1.33 bits per heavy atom. The first-order valence-electron chi connectivity index (χ1n) is 9.15. The van der Waals surface area contributed by atoms with Crippen LogP contribution in [0.4, 0.5) is 0 Å². The molecule has 24 heavy (non-hydrogen) atoms. The van der Waals surface area contributed by atoms with Crippen molar-refractivity contribution in [2.45, 2.75) is 38.8 Å². The third kappa shape index (κ3) is 3.11. The number of piperazine rings is 1. The van der Waals surface area contributed by atoms with Gasteiger partial charge in [-0.25, -0.2) is 4.98 Å². The molecule has 1 aromatic rings. The van der Waals surface area contributed by atoms with E-state index in [9.17, 15) is 4.79 Å². The van der Waals surface area contributed by atoms with Gasteiger partial charge >= 0.3 is 0 Å². The lowest BCUT2D eigenvalue weighted by Crippen LogP contribution is -2.49. The maximum Gasteiger partial charge on any atom is 0.226 e. The normalized spacial score (nSPS) is 31.1. The highest BCUT2D eigenvalue weighted by molar-refractivity contribution is 7.09. The minimum Gasteiger partial charge on any atom is -0.375 e. The minimum atomic E-state index is 0.0659. The fourth-order valence-corrected chi connectivity index (χ4v) is 5.28. The first kappa shape index (κ1) is 16.5. The quantitative estimate of drug-likeness (QED) is 0.819. The van der Waals surface area contributed by atoms with E-state index in [0.29, 0.717) is 11.8 Å². The first-order valence-corrected chi connectivity index (χ1v) is 10.0. The number of hydrogen-bond donors (Lipinski definition) is 0. The topological polar surface area (TPSA) is 45.7 Å². The van der Waals surface area contributed by atoms with Gasteiger partial charge in [-0.3, -0.25) is 9.69 Å². The zero-order valence-corrected chi connectivity index (χ0v) is 15.4. The molecule has 1 saturated heterocycles. The largest absolute Gasteiger partial charge is 0.375 e. The number of aromatic nitrogens is 1. The van der Waals surface area contributed by atoms with Gasteiger partial charge in [0, 0.05) is 51.1 Å². The van der Waals surface area contributed by atoms with E-state index in [1.165, 1.54) is 19.3 Å². The van der Waals surface area contributed by atoms with Crippen LogP contribution in [0, 0.1) is 17.8 Å². The van der Waals surface area contributed by atoms with E-state index >= 15 is 0 Å². The molecule has 6 heteroatoms. The molecule has 5 nitrogen and oxygen atoms in total. The highest BCUT2D eigenvalue weighted by Crippen LogP contribution is 2.58. The second-order valence-electron chi connectivity index (χ2n) is 7.44. The average molecular weight is 350 g/mol. The molecule has 3 fully saturated rings. The van der Waals surface area contributed by atoms with Crippen molar-refractivity contribution in [1.29, 1.82) is 0 Å². The van der Waals surface area contributed by atoms with Crippen molar-refractivity contribution in [2.24, 2.45) is 17.8 Å². The second kappa shape index (κ2) is 6.73. The van der Waals surface area contributed by atoms with Gasteiger partial charge < -0.3 is 9.64 Å². The van der Waals surface area contributed by atoms with Crippen molar-refractivity contribution >= 4 is 17.2 Å². The Bertz CT molecular complexity index is 587. The van der Waals surface area contributed by atoms with Crippen LogP contribution in [-0.4, -0.2) is 54.0 Å². The zero-order chi connectivity index (χ0) is 16.7. The number of methoxy groups -OCH3 is 1. The molecule has 2 aliphatic carbocycles. The first-order chi connectivity index (χ1) is 11.7. The Morgan fingerprint density at radius 3 is 2.71 bits per heavy atom. The SMILES string of the molecule is CO[C@H](C)c1nc(CN2CCN(C(=O)C3[C@H]4CCC[C@@H]34)CC2)cs1. The van der Waals surface area contributed by atoms with Gasteiger partial charge in [-0.05, 0) is 31.6 Å². The van der Waals surface area contributed by atoms with Crippen molar-refractivity contribution in [3.63, 3.8) is 0 Å². The van der Waals surface area contributed by atoms with Gasteiger partial charge in [0.2, 0.25) is 5.91 Å². The van der Waals surface area contributed by atoms with Crippen molar-refractivity contribution in [3.8, 4) is 0 Å². The summed E-state index contributed by atoms with van der Waals surface area (Å²) in [5.74, 6) is 2.27. The summed E-state index contributed by atoms with van der Waals surface area (Å²) >= 11 is 1.67. The van der Waals surface area contributed by atoms with Crippen LogP contribution < -0.4 is 0 Å². The molecule has 0 bridgehead atoms. The standard InChI is InChI=1S/C18H27N3O2S/c1-12(23-2)17-19-13(11-24-17)10-20-6-8-21(9-7-20)18(22)16-14-4-3-5-15(14)16/h11-12,14-16H,3-10H2,1-2H3/t12-,14-,15+,16?/m1/s1. The summed E-state index contributed by atoms with van der Waals surface area (Å²) in [4.78, 5) is 21.8. The molecule has 3 aliphatic rings. The van der Waals surface area contributed by atoms with E-state index in [-0.39, 0.29) is 6.10 Å². The molecular formula is C18H27N3O2S. The fraction of sp³-hybridized carbons (Fsp3) is 0.778. The van der Waals surface area contributed by atoms with Crippen molar-refractivity contribution in [1.82, 2.24) is 14.8 Å². The van der Waals surface area contributed by atoms with Gasteiger partial charge in [-0.15, -0.1) is 11.3 Å². The summed E-state index contributed by atoms with van der Waals surface area (Å²) in [6.45, 7) is 6.57. The van der Waals surface area contributed by atoms with Gasteiger partial charge in [0.05, 0.1) is 5.69 Å². The maximum atomic E-state index is 12.6. The Balaban J connectivity index is 1.26. The highest BCUT2D eigenvalue weighted by atomic mass is 32.1. The molecule has 4 rings (SSSR count). The molecule has 4 atom stereocenters. The van der Waals surface area contributed by atoms with Crippen LogP contribution in [0.5, 0.6) is 0 Å². The van der Waals surface area contributed by atoms with Gasteiger partial charge in [0.15, 0.2) is 0 Å². The molecule has 2 saturated carbocycles. The Hall–Kier alpha value is -0.980. The number of ether oxygens (including phenoxy) is 1. The maximum absolute atomic E-state index is 12.6. The Kier molecular flexibility index (Phi) is 4.62. The predicted octanol–water partition coefficient (Wildman–Crippen LogP) is 2.54. The molecule has 1 aromatic heterocycles. The molecule has 0 spiro atoms. The predicted molar refractivity (Wildman–Crippen MR) is 93.7 cm³/mol. The smallest absolute Gasteiger partial charge is 0.226 e. The lowest BCUT2D eigenvalue weighted by atomic mass is 10.1. The summed E-state index contributed by atoms with van der Waals surface area (Å²) in [5.41, 5.74) is 1.12. The van der Waals surface area contributed by atoms with Crippen LogP contribution in [0.3, 0.4) is 0 Å². The fourth-order valence-electron chi connectivity index (χ4n) is 4.44. The van der Waals surface area contributed by atoms with Crippen LogP contribution in [0.1, 0.15) is 43.0 Å². The molecular weight excluding hydrogens is 322 g/mol. The summed E-state index contributed by atoms with van der Waals surface area (Å²) < 4.78 is 5.33. The van der Waals surface area contributed by atoms with E-state index in [0.717, 1.165) is 55.3 Å². The number of carbonyl (C=O) groups excluding carboxylic acids is 1. The number of fused-ring (bicyclic) bond motifs is 1. The van der Waals surface area contributed by atoms with E-state index < -0.39 is 0 Å². The summed E-state index contributed by atoms with van der Waals surface area (Å²) in [5, 5.41) is 3.18. The van der Waals surface area contributed by atoms with Crippen LogP contribution in [-0.2, 0) is 16.1 Å². The molecule has 0 radical (unpaired) electrons. The van der Waals surface area contributed by atoms with E-state index in [1.54, 1.807) is 18.4 Å². The van der Waals surface area contributed by atoms with E-state index in [2.05, 4.69) is 20.2 Å². The monoisotopic (exact) mass is 349 g/mol. The lowest BCUT2D eigenvalue weighted by Gasteiger charge is -2.34. The van der Waals surface area contributed by atoms with Crippen molar-refractivity contribution in [2.75, 3.05) is 33.3 Å². The molecule has 1 unspecified atom stereocenters. The van der Waals surface area contributed by atoms with E-state index in [1.807, 2.05) is 6.92 Å². The minimum absolute atomic E-state index is 0.0659. The number of hydrogen-bond acceptors (Lipinski definition) is 5. The molecule has 2 heterocycles. The van der Waals surface area contributed by atoms with Crippen LogP contribution in [0.15, 0.2) is 5.38 Å². The number of rotatable bonds is 5. The van der Waals surface area contributed by atoms with Crippen molar-refractivity contribution in [3.05, 3.63) is 16.1 Å². The van der Waals surface area contributed by atoms with E-state index in [4.69, 9.17) is 4.74 Å². The lowest BCUT2D eigenvalue weighted by molar-refractivity contribution is -0.135.